The van der Waals surface area contributed by atoms with Gasteiger partial charge in [0.1, 0.15) is 5.82 Å². The number of anilines is 2. The molecular formula is C13H20N4O2. The molecule has 0 saturated carbocycles. The summed E-state index contributed by atoms with van der Waals surface area (Å²) in [5, 5.41) is 3.12. The summed E-state index contributed by atoms with van der Waals surface area (Å²) in [5.41, 5.74) is 11.6. The minimum absolute atomic E-state index is 0.298. The van der Waals surface area contributed by atoms with Gasteiger partial charge in [0.15, 0.2) is 0 Å². The van der Waals surface area contributed by atoms with Gasteiger partial charge in [-0.25, -0.2) is 4.98 Å². The zero-order valence-electron chi connectivity index (χ0n) is 10.9. The third-order valence-electron chi connectivity index (χ3n) is 3.21. The van der Waals surface area contributed by atoms with E-state index in [1.807, 2.05) is 0 Å². The molecular weight excluding hydrogens is 244 g/mol. The van der Waals surface area contributed by atoms with E-state index < -0.39 is 5.91 Å². The normalized spacial score (nSPS) is 19.1. The lowest BCUT2D eigenvalue weighted by atomic mass is 10.1. The number of hydrogen-bond acceptors (Lipinski definition) is 5. The average molecular weight is 264 g/mol. The first-order valence-corrected chi connectivity index (χ1v) is 6.57. The molecule has 0 aromatic carbocycles. The van der Waals surface area contributed by atoms with Gasteiger partial charge in [0, 0.05) is 13.2 Å². The van der Waals surface area contributed by atoms with E-state index >= 15 is 0 Å². The van der Waals surface area contributed by atoms with Crippen LogP contribution in [-0.4, -0.2) is 30.1 Å². The molecule has 2 rings (SSSR count). The predicted molar refractivity (Wildman–Crippen MR) is 73.9 cm³/mol. The number of carbonyl (C=O) groups is 1. The number of amides is 1. The van der Waals surface area contributed by atoms with Crippen LogP contribution >= 0.6 is 0 Å². The molecule has 5 N–H and O–H groups in total. The molecule has 1 aliphatic rings. The highest BCUT2D eigenvalue weighted by Crippen LogP contribution is 2.17. The van der Waals surface area contributed by atoms with Crippen molar-refractivity contribution >= 4 is 17.4 Å². The summed E-state index contributed by atoms with van der Waals surface area (Å²) >= 11 is 0. The number of pyridine rings is 1. The summed E-state index contributed by atoms with van der Waals surface area (Å²) in [5.74, 6) is -0.0475. The molecule has 1 aliphatic heterocycles. The minimum atomic E-state index is -0.531. The maximum absolute atomic E-state index is 11.3. The Morgan fingerprint density at radius 3 is 3.05 bits per heavy atom. The van der Waals surface area contributed by atoms with Gasteiger partial charge in [0.25, 0.3) is 5.91 Å². The molecule has 0 radical (unpaired) electrons. The minimum Gasteiger partial charge on any atom is -0.397 e. The highest BCUT2D eigenvalue weighted by atomic mass is 16.5. The lowest BCUT2D eigenvalue weighted by Crippen LogP contribution is -2.23. The number of nitrogens with two attached hydrogens (primary N) is 2. The highest BCUT2D eigenvalue weighted by Gasteiger charge is 2.14. The third kappa shape index (κ3) is 3.82. The van der Waals surface area contributed by atoms with Gasteiger partial charge in [-0.2, -0.15) is 0 Å². The van der Waals surface area contributed by atoms with Crippen LogP contribution in [-0.2, 0) is 4.74 Å². The number of primary amides is 1. The monoisotopic (exact) mass is 264 g/mol. The molecule has 1 fully saturated rings. The largest absolute Gasteiger partial charge is 0.397 e. The van der Waals surface area contributed by atoms with Gasteiger partial charge in [0.05, 0.1) is 23.6 Å². The van der Waals surface area contributed by atoms with Crippen LogP contribution < -0.4 is 16.8 Å². The van der Waals surface area contributed by atoms with Crippen molar-refractivity contribution in [1.82, 2.24) is 4.98 Å². The number of aromatic nitrogens is 1. The van der Waals surface area contributed by atoms with Gasteiger partial charge in [-0.1, -0.05) is 0 Å². The summed E-state index contributed by atoms with van der Waals surface area (Å²) in [6.07, 6.45) is 6.16. The summed E-state index contributed by atoms with van der Waals surface area (Å²) in [6.45, 7) is 1.54. The van der Waals surface area contributed by atoms with Crippen molar-refractivity contribution in [3.05, 3.63) is 17.8 Å². The van der Waals surface area contributed by atoms with Crippen molar-refractivity contribution in [1.29, 1.82) is 0 Å². The van der Waals surface area contributed by atoms with Crippen LogP contribution in [0.25, 0.3) is 0 Å². The van der Waals surface area contributed by atoms with E-state index in [0.717, 1.165) is 25.9 Å². The first-order valence-electron chi connectivity index (χ1n) is 6.57. The summed E-state index contributed by atoms with van der Waals surface area (Å²) in [6, 6.07) is 1.54. The molecule has 1 aromatic heterocycles. The van der Waals surface area contributed by atoms with E-state index in [9.17, 15) is 4.79 Å². The van der Waals surface area contributed by atoms with Crippen LogP contribution in [0, 0.1) is 0 Å². The summed E-state index contributed by atoms with van der Waals surface area (Å²) in [7, 11) is 0. The smallest absolute Gasteiger partial charge is 0.252 e. The zero-order valence-corrected chi connectivity index (χ0v) is 10.9. The quantitative estimate of drug-likeness (QED) is 0.739. The van der Waals surface area contributed by atoms with Gasteiger partial charge in [-0.15, -0.1) is 0 Å². The molecule has 2 heterocycles. The topological polar surface area (TPSA) is 103 Å². The zero-order chi connectivity index (χ0) is 13.7. The number of nitrogens with one attached hydrogen (secondary N) is 1. The van der Waals surface area contributed by atoms with Gasteiger partial charge in [-0.05, 0) is 31.7 Å². The van der Waals surface area contributed by atoms with Crippen molar-refractivity contribution < 1.29 is 9.53 Å². The van der Waals surface area contributed by atoms with Gasteiger partial charge in [-0.3, -0.25) is 4.79 Å². The molecule has 104 valence electrons. The fourth-order valence-corrected chi connectivity index (χ4v) is 2.20. The lowest BCUT2D eigenvalue weighted by Gasteiger charge is -2.22. The standard InChI is InChI=1S/C13H20N4O2/c14-9-7-11(12(15)18)13(17-8-9)16-5-4-10-3-1-2-6-19-10/h7-8,10H,1-6,14H2,(H2,15,18)(H,16,17). The Kier molecular flexibility index (Phi) is 4.57. The number of hydrogen-bond donors (Lipinski definition) is 3. The van der Waals surface area contributed by atoms with Crippen molar-refractivity contribution in [2.75, 3.05) is 24.2 Å². The van der Waals surface area contributed by atoms with E-state index in [1.54, 1.807) is 0 Å². The van der Waals surface area contributed by atoms with Gasteiger partial charge in [0.2, 0.25) is 0 Å². The summed E-state index contributed by atoms with van der Waals surface area (Å²) < 4.78 is 5.64. The Morgan fingerprint density at radius 2 is 2.37 bits per heavy atom. The molecule has 6 heteroatoms. The first-order chi connectivity index (χ1) is 9.16. The van der Waals surface area contributed by atoms with Crippen LogP contribution in [0.3, 0.4) is 0 Å². The van der Waals surface area contributed by atoms with E-state index in [1.165, 1.54) is 18.7 Å². The molecule has 1 unspecified atom stereocenters. The Bertz CT molecular complexity index is 444. The molecule has 1 saturated heterocycles. The van der Waals surface area contributed by atoms with E-state index in [0.29, 0.717) is 29.7 Å². The van der Waals surface area contributed by atoms with E-state index in [-0.39, 0.29) is 0 Å². The molecule has 1 amide bonds. The molecule has 1 aromatic rings. The Hall–Kier alpha value is -1.82. The Balaban J connectivity index is 1.89. The predicted octanol–water partition coefficient (Wildman–Crippen LogP) is 1.13. The van der Waals surface area contributed by atoms with Crippen molar-refractivity contribution in [2.24, 2.45) is 5.73 Å². The Morgan fingerprint density at radius 1 is 1.53 bits per heavy atom. The SMILES string of the molecule is NC(=O)c1cc(N)cnc1NCCC1CCCCO1. The van der Waals surface area contributed by atoms with Crippen LogP contribution in [0.15, 0.2) is 12.3 Å². The third-order valence-corrected chi connectivity index (χ3v) is 3.21. The van der Waals surface area contributed by atoms with Gasteiger partial charge >= 0.3 is 0 Å². The average Bonchev–Trinajstić information content (AvgIpc) is 2.41. The van der Waals surface area contributed by atoms with Crippen LogP contribution in [0.2, 0.25) is 0 Å². The number of nitrogen functional groups attached to an aromatic ring is 1. The fraction of sp³-hybridized carbons (Fsp3) is 0.538. The Labute approximate surface area is 112 Å². The van der Waals surface area contributed by atoms with Crippen molar-refractivity contribution in [3.63, 3.8) is 0 Å². The molecule has 6 nitrogen and oxygen atoms in total. The number of nitrogens with zero attached hydrogens (tertiary/aromatic N) is 1. The number of carbonyl (C=O) groups excluding carboxylic acids is 1. The lowest BCUT2D eigenvalue weighted by molar-refractivity contribution is 0.0134. The second-order valence-electron chi connectivity index (χ2n) is 4.73. The molecule has 0 bridgehead atoms. The first kappa shape index (κ1) is 13.6. The maximum atomic E-state index is 11.3. The fourth-order valence-electron chi connectivity index (χ4n) is 2.20. The molecule has 19 heavy (non-hydrogen) atoms. The second-order valence-corrected chi connectivity index (χ2v) is 4.73. The van der Waals surface area contributed by atoms with Crippen LogP contribution in [0.4, 0.5) is 11.5 Å². The summed E-state index contributed by atoms with van der Waals surface area (Å²) in [4.78, 5) is 15.4. The van der Waals surface area contributed by atoms with Crippen molar-refractivity contribution in [3.8, 4) is 0 Å². The second kappa shape index (κ2) is 6.38. The number of rotatable bonds is 5. The maximum Gasteiger partial charge on any atom is 0.252 e. The molecule has 0 spiro atoms. The highest BCUT2D eigenvalue weighted by molar-refractivity contribution is 5.98. The van der Waals surface area contributed by atoms with Crippen molar-refractivity contribution in [2.45, 2.75) is 31.8 Å². The molecule has 0 aliphatic carbocycles. The number of ether oxygens (including phenoxy) is 1. The van der Waals surface area contributed by atoms with E-state index in [2.05, 4.69) is 10.3 Å². The van der Waals surface area contributed by atoms with E-state index in [4.69, 9.17) is 16.2 Å². The van der Waals surface area contributed by atoms with Crippen LogP contribution in [0.1, 0.15) is 36.0 Å². The molecule has 1 atom stereocenters. The van der Waals surface area contributed by atoms with Gasteiger partial charge < -0.3 is 21.5 Å². The van der Waals surface area contributed by atoms with Crippen LogP contribution in [0.5, 0.6) is 0 Å².